The van der Waals surface area contributed by atoms with Crippen molar-refractivity contribution in [2.75, 3.05) is 24.6 Å². The number of benzene rings is 3. The first-order valence-corrected chi connectivity index (χ1v) is 14.1. The third-order valence-electron chi connectivity index (χ3n) is 7.14. The van der Waals surface area contributed by atoms with Crippen molar-refractivity contribution in [3.8, 4) is 22.9 Å². The van der Waals surface area contributed by atoms with Crippen molar-refractivity contribution < 1.29 is 24.2 Å². The van der Waals surface area contributed by atoms with Crippen LogP contribution in [0.3, 0.4) is 0 Å². The Labute approximate surface area is 245 Å². The minimum absolute atomic E-state index is 0.0903. The minimum Gasteiger partial charge on any atom is -0.480 e. The number of ether oxygens (including phenoxy) is 2. The lowest BCUT2D eigenvalue weighted by atomic mass is 9.99. The van der Waals surface area contributed by atoms with Crippen LogP contribution in [0.2, 0.25) is 0 Å². The number of para-hydroxylation sites is 1. The zero-order chi connectivity index (χ0) is 29.3. The maximum Gasteiger partial charge on any atom is 0.328 e. The van der Waals surface area contributed by atoms with Crippen LogP contribution in [-0.2, 0) is 16.1 Å². The van der Waals surface area contributed by atoms with Crippen molar-refractivity contribution in [2.45, 2.75) is 32.4 Å². The summed E-state index contributed by atoms with van der Waals surface area (Å²) >= 11 is 0. The van der Waals surface area contributed by atoms with E-state index in [1.807, 2.05) is 84.9 Å². The van der Waals surface area contributed by atoms with Gasteiger partial charge in [0.15, 0.2) is 11.9 Å². The highest BCUT2D eigenvalue weighted by atomic mass is 16.5. The Balaban J connectivity index is 1.35. The third-order valence-corrected chi connectivity index (χ3v) is 7.14. The molecule has 0 saturated carbocycles. The van der Waals surface area contributed by atoms with E-state index in [-0.39, 0.29) is 18.9 Å². The highest BCUT2D eigenvalue weighted by molar-refractivity contribution is 5.96. The smallest absolute Gasteiger partial charge is 0.328 e. The summed E-state index contributed by atoms with van der Waals surface area (Å²) in [5.74, 6) is 1.21. The third kappa shape index (κ3) is 7.70. The molecular formula is C33H34N4O5. The largest absolute Gasteiger partial charge is 0.480 e. The lowest BCUT2D eigenvalue weighted by Crippen LogP contribution is -2.44. The molecule has 1 aliphatic heterocycles. The summed E-state index contributed by atoms with van der Waals surface area (Å²) in [6.07, 6.45) is 2.04. The predicted octanol–water partition coefficient (Wildman–Crippen LogP) is 5.57. The van der Waals surface area contributed by atoms with E-state index in [0.717, 1.165) is 37.2 Å². The molecule has 1 fully saturated rings. The van der Waals surface area contributed by atoms with E-state index in [9.17, 15) is 14.7 Å². The Morgan fingerprint density at radius 1 is 0.929 bits per heavy atom. The number of carboxylic acids is 1. The molecule has 0 bridgehead atoms. The van der Waals surface area contributed by atoms with Crippen LogP contribution in [-0.4, -0.2) is 52.7 Å². The molecule has 1 aromatic heterocycles. The molecule has 216 valence electrons. The second kappa shape index (κ2) is 13.7. The number of carboxylic acid groups (broad SMARTS) is 1. The van der Waals surface area contributed by atoms with Crippen molar-refractivity contribution in [3.63, 3.8) is 0 Å². The van der Waals surface area contributed by atoms with Crippen molar-refractivity contribution in [1.29, 1.82) is 0 Å². The Bertz CT molecular complexity index is 1470. The van der Waals surface area contributed by atoms with E-state index in [0.29, 0.717) is 28.9 Å². The van der Waals surface area contributed by atoms with Gasteiger partial charge in [0, 0.05) is 24.7 Å². The Morgan fingerprint density at radius 3 is 2.24 bits per heavy atom. The van der Waals surface area contributed by atoms with E-state index < -0.39 is 17.9 Å². The van der Waals surface area contributed by atoms with Crippen molar-refractivity contribution in [1.82, 2.24) is 15.3 Å². The van der Waals surface area contributed by atoms with Crippen LogP contribution >= 0.6 is 0 Å². The topological polar surface area (TPSA) is 114 Å². The summed E-state index contributed by atoms with van der Waals surface area (Å²) in [7, 11) is 0. The summed E-state index contributed by atoms with van der Waals surface area (Å²) in [4.78, 5) is 36.8. The summed E-state index contributed by atoms with van der Waals surface area (Å²) < 4.78 is 11.5. The van der Waals surface area contributed by atoms with Crippen LogP contribution < -0.4 is 15.0 Å². The summed E-state index contributed by atoms with van der Waals surface area (Å²) in [6, 6.07) is 26.6. The van der Waals surface area contributed by atoms with Gasteiger partial charge in [-0.25, -0.2) is 14.8 Å². The molecule has 1 amide bonds. The van der Waals surface area contributed by atoms with E-state index >= 15 is 0 Å². The number of nitrogens with one attached hydrogen (secondary N) is 1. The molecule has 5 rings (SSSR count). The number of carbonyl (C=O) groups excluding carboxylic acids is 1. The Kier molecular flexibility index (Phi) is 9.41. The van der Waals surface area contributed by atoms with Gasteiger partial charge in [-0.15, -0.1) is 0 Å². The summed E-state index contributed by atoms with van der Waals surface area (Å²) in [5, 5.41) is 12.3. The number of piperidine rings is 1. The summed E-state index contributed by atoms with van der Waals surface area (Å²) in [5.41, 5.74) is 1.71. The van der Waals surface area contributed by atoms with Crippen LogP contribution in [0.4, 0.5) is 5.82 Å². The van der Waals surface area contributed by atoms with Gasteiger partial charge >= 0.3 is 5.97 Å². The fourth-order valence-electron chi connectivity index (χ4n) is 4.65. The number of hydrogen-bond acceptors (Lipinski definition) is 7. The van der Waals surface area contributed by atoms with Crippen molar-refractivity contribution >= 4 is 17.7 Å². The number of aromatic nitrogens is 2. The van der Waals surface area contributed by atoms with Gasteiger partial charge in [0.1, 0.15) is 23.0 Å². The van der Waals surface area contributed by atoms with Gasteiger partial charge in [0.25, 0.3) is 5.91 Å². The zero-order valence-corrected chi connectivity index (χ0v) is 23.5. The standard InChI is InChI=1S/C33H34N4O5/c1-23-16-18-37(19-17-23)30-20-28(32(38)35-29(33(39)40)22-41-21-24-8-4-2-5-9-24)34-31(36-30)25-12-14-27(15-13-25)42-26-10-6-3-7-11-26/h2-15,20,23,29H,16-19,21-22H2,1H3,(H,35,38)(H,39,40)/t29-/m0/s1. The van der Waals surface area contributed by atoms with Crippen molar-refractivity contribution in [2.24, 2.45) is 5.92 Å². The molecule has 0 radical (unpaired) electrons. The number of anilines is 1. The Hall–Kier alpha value is -4.76. The molecule has 0 unspecified atom stereocenters. The molecule has 2 heterocycles. The fourth-order valence-corrected chi connectivity index (χ4v) is 4.65. The van der Waals surface area contributed by atoms with Crippen molar-refractivity contribution in [3.05, 3.63) is 102 Å². The van der Waals surface area contributed by atoms with Gasteiger partial charge in [-0.3, -0.25) is 4.79 Å². The van der Waals surface area contributed by atoms with E-state index in [2.05, 4.69) is 22.1 Å². The highest BCUT2D eigenvalue weighted by Crippen LogP contribution is 2.27. The van der Waals surface area contributed by atoms with E-state index in [1.54, 1.807) is 6.07 Å². The van der Waals surface area contributed by atoms with Crippen LogP contribution in [0.25, 0.3) is 11.4 Å². The molecule has 4 aromatic rings. The average molecular weight is 567 g/mol. The first-order chi connectivity index (χ1) is 20.4. The molecule has 0 aliphatic carbocycles. The average Bonchev–Trinajstić information content (AvgIpc) is 3.02. The van der Waals surface area contributed by atoms with Gasteiger partial charge in [-0.05, 0) is 60.7 Å². The number of rotatable bonds is 11. The molecule has 1 saturated heterocycles. The van der Waals surface area contributed by atoms with Gasteiger partial charge in [-0.1, -0.05) is 55.5 Å². The second-order valence-corrected chi connectivity index (χ2v) is 10.4. The van der Waals surface area contributed by atoms with Gasteiger partial charge < -0.3 is 24.8 Å². The maximum atomic E-state index is 13.4. The number of aliphatic carboxylic acids is 1. The fraction of sp³-hybridized carbons (Fsp3) is 0.273. The van der Waals surface area contributed by atoms with E-state index in [4.69, 9.17) is 14.5 Å². The predicted molar refractivity (Wildman–Crippen MR) is 160 cm³/mol. The van der Waals surface area contributed by atoms with Crippen LogP contribution in [0, 0.1) is 5.92 Å². The maximum absolute atomic E-state index is 13.4. The van der Waals surface area contributed by atoms with Crippen LogP contribution in [0.1, 0.15) is 35.8 Å². The van der Waals surface area contributed by atoms with Gasteiger partial charge in [-0.2, -0.15) is 0 Å². The number of carbonyl (C=O) groups is 2. The van der Waals surface area contributed by atoms with Gasteiger partial charge in [0.2, 0.25) is 0 Å². The normalized spacial score (nSPS) is 14.3. The SMILES string of the molecule is CC1CCN(c2cc(C(=O)N[C@@H](COCc3ccccc3)C(=O)O)nc(-c3ccc(Oc4ccccc4)cc3)n2)CC1. The molecule has 1 aliphatic rings. The molecule has 1 atom stereocenters. The van der Waals surface area contributed by atoms with Gasteiger partial charge in [0.05, 0.1) is 13.2 Å². The second-order valence-electron chi connectivity index (χ2n) is 10.4. The summed E-state index contributed by atoms with van der Waals surface area (Å²) in [6.45, 7) is 3.90. The molecule has 9 heteroatoms. The monoisotopic (exact) mass is 566 g/mol. The highest BCUT2D eigenvalue weighted by Gasteiger charge is 2.25. The first-order valence-electron chi connectivity index (χ1n) is 14.1. The molecule has 0 spiro atoms. The lowest BCUT2D eigenvalue weighted by Gasteiger charge is -2.31. The van der Waals surface area contributed by atoms with E-state index in [1.165, 1.54) is 0 Å². The first kappa shape index (κ1) is 28.8. The zero-order valence-electron chi connectivity index (χ0n) is 23.5. The quantitative estimate of drug-likeness (QED) is 0.242. The lowest BCUT2D eigenvalue weighted by molar-refractivity contribution is -0.141. The minimum atomic E-state index is -1.24. The molecule has 2 N–H and O–H groups in total. The van der Waals surface area contributed by atoms with Crippen LogP contribution in [0.15, 0.2) is 91.0 Å². The van der Waals surface area contributed by atoms with Crippen LogP contribution in [0.5, 0.6) is 11.5 Å². The molecule has 9 nitrogen and oxygen atoms in total. The number of nitrogens with zero attached hydrogens (tertiary/aromatic N) is 3. The molecule has 3 aromatic carbocycles. The number of hydrogen-bond donors (Lipinski definition) is 2. The molecular weight excluding hydrogens is 532 g/mol. The number of amides is 1. The molecule has 42 heavy (non-hydrogen) atoms. The Morgan fingerprint density at radius 2 is 1.57 bits per heavy atom.